The van der Waals surface area contributed by atoms with Gasteiger partial charge in [-0.1, -0.05) is 77.8 Å². The average molecular weight is 685 g/mol. The number of likely N-dealkylation sites (N-methyl/N-ethyl adjacent to an activating group) is 1. The summed E-state index contributed by atoms with van der Waals surface area (Å²) >= 11 is 1.17. The van der Waals surface area contributed by atoms with Crippen LogP contribution in [0.5, 0.6) is 0 Å². The summed E-state index contributed by atoms with van der Waals surface area (Å²) in [5.74, 6) is -1.37. The predicted octanol–water partition coefficient (Wildman–Crippen LogP) is 5.45. The molecule has 2 amide bonds. The fraction of sp³-hybridized carbons (Fsp3) is 0.649. The van der Waals surface area contributed by atoms with E-state index in [9.17, 15) is 24.3 Å². The molecule has 1 aromatic carbocycles. The molecular weight excluding hydrogens is 628 g/mol. The zero-order chi connectivity index (χ0) is 35.4. The van der Waals surface area contributed by atoms with Gasteiger partial charge in [0, 0.05) is 43.1 Å². The maximum atomic E-state index is 14.4. The number of aliphatic hydroxyl groups is 1. The molecule has 0 bridgehead atoms. The summed E-state index contributed by atoms with van der Waals surface area (Å²) in [5, 5.41) is 16.1. The van der Waals surface area contributed by atoms with Gasteiger partial charge in [-0.15, -0.1) is 11.3 Å². The van der Waals surface area contributed by atoms with Gasteiger partial charge in [0.05, 0.1) is 13.2 Å². The highest BCUT2D eigenvalue weighted by Gasteiger charge is 2.38. The van der Waals surface area contributed by atoms with Crippen molar-refractivity contribution in [2.45, 2.75) is 110 Å². The van der Waals surface area contributed by atoms with Crippen LogP contribution in [0.1, 0.15) is 107 Å². The van der Waals surface area contributed by atoms with Gasteiger partial charge in [-0.05, 0) is 50.3 Å². The van der Waals surface area contributed by atoms with E-state index in [4.69, 9.17) is 4.74 Å². The number of carbonyl (C=O) groups is 4. The van der Waals surface area contributed by atoms with Crippen LogP contribution in [-0.4, -0.2) is 88.8 Å². The second kappa shape index (κ2) is 19.1. The Labute approximate surface area is 290 Å². The number of likely N-dealkylation sites (tertiary alicyclic amines) is 1. The zero-order valence-corrected chi connectivity index (χ0v) is 30.6. The highest BCUT2D eigenvalue weighted by atomic mass is 32.1. The fourth-order valence-corrected chi connectivity index (χ4v) is 7.39. The summed E-state index contributed by atoms with van der Waals surface area (Å²) < 4.78 is 4.92. The molecule has 1 fully saturated rings. The number of ether oxygens (including phenoxy) is 1. The largest absolute Gasteiger partial charge is 0.467 e. The number of esters is 1. The van der Waals surface area contributed by atoms with E-state index in [1.807, 2.05) is 63.1 Å². The molecule has 1 aliphatic heterocycles. The zero-order valence-electron chi connectivity index (χ0n) is 29.8. The average Bonchev–Trinajstić information content (AvgIpc) is 3.59. The molecule has 2 unspecified atom stereocenters. The van der Waals surface area contributed by atoms with Crippen molar-refractivity contribution in [3.8, 4) is 0 Å². The molecule has 266 valence electrons. The van der Waals surface area contributed by atoms with Crippen molar-refractivity contribution in [3.05, 3.63) is 52.0 Å². The van der Waals surface area contributed by atoms with Crippen LogP contribution in [0.3, 0.4) is 0 Å². The first-order valence-corrected chi connectivity index (χ1v) is 18.4. The number of carbonyl (C=O) groups excluding carboxylic acids is 4. The third-order valence-electron chi connectivity index (χ3n) is 9.71. The first-order chi connectivity index (χ1) is 22.9. The third-order valence-corrected chi connectivity index (χ3v) is 10.7. The van der Waals surface area contributed by atoms with Crippen LogP contribution < -0.4 is 5.32 Å². The molecule has 0 aliphatic carbocycles. The molecule has 48 heavy (non-hydrogen) atoms. The lowest BCUT2D eigenvalue weighted by molar-refractivity contribution is -0.144. The van der Waals surface area contributed by atoms with Gasteiger partial charge in [-0.2, -0.15) is 0 Å². The highest BCUT2D eigenvalue weighted by molar-refractivity contribution is 7.09. The van der Waals surface area contributed by atoms with Gasteiger partial charge in [0.25, 0.3) is 5.91 Å². The molecule has 1 saturated heterocycles. The topological polar surface area (TPSA) is 129 Å². The number of hydrogen-bond donors (Lipinski definition) is 2. The van der Waals surface area contributed by atoms with Crippen LogP contribution in [0.15, 0.2) is 35.7 Å². The smallest absolute Gasteiger partial charge is 0.328 e. The summed E-state index contributed by atoms with van der Waals surface area (Å²) in [6.07, 6.45) is 4.17. The number of nitrogens with zero attached hydrogens (tertiary/aromatic N) is 3. The van der Waals surface area contributed by atoms with E-state index in [1.165, 1.54) is 18.4 Å². The van der Waals surface area contributed by atoms with Crippen LogP contribution in [0.2, 0.25) is 0 Å². The molecule has 10 nitrogen and oxygen atoms in total. The number of ketones is 1. The summed E-state index contributed by atoms with van der Waals surface area (Å²) in [6.45, 7) is 11.6. The molecule has 11 heteroatoms. The van der Waals surface area contributed by atoms with Crippen molar-refractivity contribution in [2.75, 3.05) is 27.2 Å². The first-order valence-electron chi connectivity index (χ1n) is 17.5. The van der Waals surface area contributed by atoms with Gasteiger partial charge in [0.2, 0.25) is 5.91 Å². The second-order valence-electron chi connectivity index (χ2n) is 13.6. The van der Waals surface area contributed by atoms with Crippen molar-refractivity contribution in [3.63, 3.8) is 0 Å². The lowest BCUT2D eigenvalue weighted by Gasteiger charge is -2.39. The lowest BCUT2D eigenvalue weighted by atomic mass is 9.82. The van der Waals surface area contributed by atoms with Crippen LogP contribution in [-0.2, 0) is 25.5 Å². The number of hydrogen-bond acceptors (Lipinski definition) is 9. The van der Waals surface area contributed by atoms with Gasteiger partial charge in [0.1, 0.15) is 22.8 Å². The predicted molar refractivity (Wildman–Crippen MR) is 189 cm³/mol. The van der Waals surface area contributed by atoms with Gasteiger partial charge in [0.15, 0.2) is 5.78 Å². The van der Waals surface area contributed by atoms with Gasteiger partial charge in [-0.3, -0.25) is 19.3 Å². The van der Waals surface area contributed by atoms with E-state index < -0.39 is 29.9 Å². The van der Waals surface area contributed by atoms with Gasteiger partial charge in [-0.25, -0.2) is 9.78 Å². The van der Waals surface area contributed by atoms with E-state index >= 15 is 0 Å². The van der Waals surface area contributed by atoms with Crippen molar-refractivity contribution in [1.82, 2.24) is 20.1 Å². The number of aromatic nitrogens is 1. The normalized spacial score (nSPS) is 18.4. The minimum absolute atomic E-state index is 0.0226. The number of aliphatic hydroxyl groups excluding tert-OH is 1. The Balaban J connectivity index is 1.76. The number of methoxy groups -OCH3 is 1. The Morgan fingerprint density at radius 1 is 1.12 bits per heavy atom. The number of amides is 2. The number of rotatable bonds is 18. The quantitative estimate of drug-likeness (QED) is 0.199. The SMILES string of the molecule is CCCN(C(=O)[C@@H](CC(=O)C1CCCCN1C)C(C)CC)[C@H](C[C@@H](O)c1nc(C(=O)N[C@@H](Cc2ccccc2)C(=O)OC)cs1)C(C)C. The number of piperidine rings is 1. The fourth-order valence-electron chi connectivity index (χ4n) is 6.60. The van der Waals surface area contributed by atoms with Crippen LogP contribution in [0.25, 0.3) is 0 Å². The number of Topliss-reactive ketones (excluding diaryl/α,β-unsaturated/α-hetero) is 1. The summed E-state index contributed by atoms with van der Waals surface area (Å²) in [4.78, 5) is 62.0. The Morgan fingerprint density at radius 3 is 2.44 bits per heavy atom. The summed E-state index contributed by atoms with van der Waals surface area (Å²) in [7, 11) is 3.27. The monoisotopic (exact) mass is 684 g/mol. The third kappa shape index (κ3) is 10.7. The van der Waals surface area contributed by atoms with Gasteiger partial charge < -0.3 is 20.1 Å². The van der Waals surface area contributed by atoms with Crippen molar-refractivity contribution < 1.29 is 29.0 Å². The van der Waals surface area contributed by atoms with E-state index in [1.54, 1.807) is 5.38 Å². The maximum Gasteiger partial charge on any atom is 0.328 e. The van der Waals surface area contributed by atoms with E-state index in [0.29, 0.717) is 11.6 Å². The lowest BCUT2D eigenvalue weighted by Crippen LogP contribution is -2.50. The van der Waals surface area contributed by atoms with Crippen molar-refractivity contribution >= 4 is 34.9 Å². The molecule has 0 spiro atoms. The molecule has 3 rings (SSSR count). The Hall–Kier alpha value is -3.15. The Morgan fingerprint density at radius 2 is 1.83 bits per heavy atom. The molecule has 2 N–H and O–H groups in total. The minimum Gasteiger partial charge on any atom is -0.467 e. The minimum atomic E-state index is -1.02. The van der Waals surface area contributed by atoms with Crippen molar-refractivity contribution in [1.29, 1.82) is 0 Å². The molecule has 2 aromatic rings. The summed E-state index contributed by atoms with van der Waals surface area (Å²) in [5.41, 5.74) is 0.969. The molecule has 1 aromatic heterocycles. The molecule has 0 radical (unpaired) electrons. The molecule has 1 aliphatic rings. The number of nitrogens with one attached hydrogen (secondary N) is 1. The highest BCUT2D eigenvalue weighted by Crippen LogP contribution is 2.32. The van der Waals surface area contributed by atoms with Crippen LogP contribution >= 0.6 is 11.3 Å². The van der Waals surface area contributed by atoms with E-state index in [0.717, 1.165) is 44.2 Å². The molecule has 0 saturated carbocycles. The van der Waals surface area contributed by atoms with E-state index in [-0.39, 0.29) is 60.6 Å². The van der Waals surface area contributed by atoms with Crippen LogP contribution in [0, 0.1) is 17.8 Å². The molecule has 6 atom stereocenters. The van der Waals surface area contributed by atoms with Gasteiger partial charge >= 0.3 is 5.97 Å². The maximum absolute atomic E-state index is 14.4. The first kappa shape index (κ1) is 39.3. The Bertz CT molecular complexity index is 1330. The van der Waals surface area contributed by atoms with Crippen molar-refractivity contribution in [2.24, 2.45) is 17.8 Å². The molecule has 2 heterocycles. The standard InChI is InChI=1S/C37H56N4O6S/c1-8-18-41(36(45)27(25(5)9-2)21-32(42)30-17-13-14-19-40(30)6)31(24(3)4)22-33(43)35-39-29(23-48-35)34(44)38-28(37(46)47-7)20-26-15-11-10-12-16-26/h10-12,15-16,23-25,27-28,30-31,33,43H,8-9,13-14,17-22H2,1-7H3,(H,38,44)/t25?,27-,28-,30?,31+,33+/m0/s1. The Kier molecular flexibility index (Phi) is 15.7. The number of benzene rings is 1. The number of thiazole rings is 1. The second-order valence-corrected chi connectivity index (χ2v) is 14.4. The van der Waals surface area contributed by atoms with E-state index in [2.05, 4.69) is 29.0 Å². The van der Waals surface area contributed by atoms with Crippen LogP contribution in [0.4, 0.5) is 0 Å². The summed E-state index contributed by atoms with van der Waals surface area (Å²) in [6, 6.07) is 7.99. The molecular formula is C37H56N4O6S.